The molecule has 1 amide bonds. The largest absolute Gasteiger partial charge is 0.357 e. The van der Waals surface area contributed by atoms with E-state index in [1.165, 1.54) is 0 Å². The Bertz CT molecular complexity index is 814. The van der Waals surface area contributed by atoms with Crippen molar-refractivity contribution in [1.29, 1.82) is 0 Å². The number of guanidine groups is 1. The summed E-state index contributed by atoms with van der Waals surface area (Å²) in [5.41, 5.74) is 2.21. The third-order valence-corrected chi connectivity index (χ3v) is 5.01. The second-order valence-electron chi connectivity index (χ2n) is 7.71. The lowest BCUT2D eigenvalue weighted by Crippen LogP contribution is -2.45. The van der Waals surface area contributed by atoms with Gasteiger partial charge in [0.25, 0.3) is 0 Å². The van der Waals surface area contributed by atoms with Gasteiger partial charge in [0.2, 0.25) is 5.91 Å². The van der Waals surface area contributed by atoms with Gasteiger partial charge in [-0.1, -0.05) is 32.0 Å². The normalized spacial score (nSPS) is 17.0. The smallest absolute Gasteiger partial charge is 0.225 e. The first-order valence-electron chi connectivity index (χ1n) is 10.5. The first kappa shape index (κ1) is 20.9. The fourth-order valence-electron chi connectivity index (χ4n) is 3.46. The number of rotatable bonds is 7. The molecule has 0 bridgehead atoms. The Labute approximate surface area is 173 Å². The van der Waals surface area contributed by atoms with Gasteiger partial charge in [0.05, 0.1) is 11.9 Å². The molecule has 1 atom stereocenters. The van der Waals surface area contributed by atoms with Crippen molar-refractivity contribution in [2.45, 2.75) is 39.7 Å². The highest BCUT2D eigenvalue weighted by atomic mass is 16.2. The highest BCUT2D eigenvalue weighted by Crippen LogP contribution is 2.13. The van der Waals surface area contributed by atoms with E-state index < -0.39 is 0 Å². The zero-order chi connectivity index (χ0) is 20.6. The van der Waals surface area contributed by atoms with Crippen LogP contribution in [0.4, 0.5) is 0 Å². The van der Waals surface area contributed by atoms with Crippen LogP contribution in [0.5, 0.6) is 0 Å². The van der Waals surface area contributed by atoms with E-state index in [1.807, 2.05) is 60.0 Å². The minimum Gasteiger partial charge on any atom is -0.357 e. The summed E-state index contributed by atoms with van der Waals surface area (Å²) in [6.07, 6.45) is 5.73. The molecule has 0 spiro atoms. The molecule has 2 N–H and O–H groups in total. The van der Waals surface area contributed by atoms with Gasteiger partial charge in [-0.15, -0.1) is 0 Å². The molecule has 2 heterocycles. The molecule has 1 aromatic heterocycles. The summed E-state index contributed by atoms with van der Waals surface area (Å²) < 4.78 is 1.89. The lowest BCUT2D eigenvalue weighted by Gasteiger charge is -2.20. The number of carbonyl (C=O) groups excluding carboxylic acids is 1. The molecule has 156 valence electrons. The van der Waals surface area contributed by atoms with E-state index in [1.54, 1.807) is 0 Å². The molecule has 1 aliphatic heterocycles. The summed E-state index contributed by atoms with van der Waals surface area (Å²) in [7, 11) is 0. The van der Waals surface area contributed by atoms with Crippen molar-refractivity contribution in [2.24, 2.45) is 10.9 Å². The molecule has 7 heteroatoms. The number of amides is 1. The predicted octanol–water partition coefficient (Wildman–Crippen LogP) is 2.23. The number of hydrogen-bond donors (Lipinski definition) is 2. The molecule has 1 aromatic carbocycles. The van der Waals surface area contributed by atoms with Crippen molar-refractivity contribution >= 4 is 11.9 Å². The second-order valence-corrected chi connectivity index (χ2v) is 7.71. The highest BCUT2D eigenvalue weighted by Gasteiger charge is 2.27. The molecule has 1 fully saturated rings. The van der Waals surface area contributed by atoms with E-state index in [0.717, 1.165) is 49.7 Å². The summed E-state index contributed by atoms with van der Waals surface area (Å²) in [6, 6.07) is 10.3. The van der Waals surface area contributed by atoms with Gasteiger partial charge in [-0.2, -0.15) is 5.10 Å². The van der Waals surface area contributed by atoms with E-state index in [0.29, 0.717) is 6.54 Å². The Kier molecular flexibility index (Phi) is 7.27. The number of aromatic nitrogens is 2. The lowest BCUT2D eigenvalue weighted by atomic mass is 10.2. The van der Waals surface area contributed by atoms with Gasteiger partial charge in [-0.05, 0) is 37.5 Å². The maximum atomic E-state index is 12.2. The molecule has 29 heavy (non-hydrogen) atoms. The van der Waals surface area contributed by atoms with E-state index >= 15 is 0 Å². The SMILES string of the molecule is CCNC(=NCCc1cnn(-c2ccccc2)c1)NC1CCN(C(=O)C(C)C)C1. The Balaban J connectivity index is 1.52. The number of nitrogens with zero attached hydrogens (tertiary/aromatic N) is 4. The van der Waals surface area contributed by atoms with Crippen LogP contribution >= 0.6 is 0 Å². The fraction of sp³-hybridized carbons (Fsp3) is 0.500. The van der Waals surface area contributed by atoms with Gasteiger partial charge in [0.15, 0.2) is 5.96 Å². The number of aliphatic imine (C=N–C) groups is 1. The summed E-state index contributed by atoms with van der Waals surface area (Å²) in [5, 5.41) is 11.2. The van der Waals surface area contributed by atoms with Gasteiger partial charge >= 0.3 is 0 Å². The number of para-hydroxylation sites is 1. The van der Waals surface area contributed by atoms with Crippen molar-refractivity contribution < 1.29 is 4.79 Å². The maximum absolute atomic E-state index is 12.2. The average molecular weight is 397 g/mol. The molecular weight excluding hydrogens is 364 g/mol. The first-order valence-corrected chi connectivity index (χ1v) is 10.5. The van der Waals surface area contributed by atoms with Crippen LogP contribution in [0.25, 0.3) is 5.69 Å². The first-order chi connectivity index (χ1) is 14.1. The molecule has 1 aliphatic rings. The molecule has 7 nitrogen and oxygen atoms in total. The van der Waals surface area contributed by atoms with Crippen LogP contribution < -0.4 is 10.6 Å². The van der Waals surface area contributed by atoms with Gasteiger partial charge in [0, 0.05) is 44.3 Å². The van der Waals surface area contributed by atoms with Crippen LogP contribution in [0.3, 0.4) is 0 Å². The molecule has 1 saturated heterocycles. The summed E-state index contributed by atoms with van der Waals surface area (Å²) in [5.74, 6) is 1.09. The Hall–Kier alpha value is -2.83. The minimum absolute atomic E-state index is 0.0486. The monoisotopic (exact) mass is 396 g/mol. The van der Waals surface area contributed by atoms with Crippen molar-refractivity contribution in [2.75, 3.05) is 26.2 Å². The zero-order valence-electron chi connectivity index (χ0n) is 17.6. The number of hydrogen-bond acceptors (Lipinski definition) is 3. The zero-order valence-corrected chi connectivity index (χ0v) is 17.6. The standard InChI is InChI=1S/C22H32N6O/c1-4-23-22(26-19-11-13-27(16-19)21(29)17(2)3)24-12-10-18-14-25-28(15-18)20-8-6-5-7-9-20/h5-9,14-15,17,19H,4,10-13,16H2,1-3H3,(H2,23,24,26). The van der Waals surface area contributed by atoms with E-state index in [2.05, 4.69) is 28.9 Å². The van der Waals surface area contributed by atoms with Crippen molar-refractivity contribution in [1.82, 2.24) is 25.3 Å². The molecule has 0 aliphatic carbocycles. The topological polar surface area (TPSA) is 74.6 Å². The van der Waals surface area contributed by atoms with Gasteiger partial charge in [-0.3, -0.25) is 9.79 Å². The van der Waals surface area contributed by atoms with E-state index in [-0.39, 0.29) is 17.9 Å². The van der Waals surface area contributed by atoms with E-state index in [9.17, 15) is 4.79 Å². The summed E-state index contributed by atoms with van der Waals surface area (Å²) >= 11 is 0. The molecule has 0 radical (unpaired) electrons. The van der Waals surface area contributed by atoms with Crippen molar-refractivity contribution in [3.8, 4) is 5.69 Å². The Morgan fingerprint density at radius 1 is 1.31 bits per heavy atom. The van der Waals surface area contributed by atoms with Crippen molar-refractivity contribution in [3.05, 3.63) is 48.3 Å². The van der Waals surface area contributed by atoms with Crippen molar-refractivity contribution in [3.63, 3.8) is 0 Å². The third-order valence-electron chi connectivity index (χ3n) is 5.01. The third kappa shape index (κ3) is 5.82. The summed E-state index contributed by atoms with van der Waals surface area (Å²) in [4.78, 5) is 18.8. The van der Waals surface area contributed by atoms with Crippen LogP contribution in [0.15, 0.2) is 47.7 Å². The average Bonchev–Trinajstić information content (AvgIpc) is 3.38. The van der Waals surface area contributed by atoms with Crippen LogP contribution in [-0.4, -0.2) is 58.8 Å². The molecular formula is C22H32N6O. The number of benzene rings is 1. The molecule has 3 rings (SSSR count). The van der Waals surface area contributed by atoms with Crippen LogP contribution in [0, 0.1) is 5.92 Å². The Morgan fingerprint density at radius 2 is 2.10 bits per heavy atom. The molecule has 0 saturated carbocycles. The van der Waals surface area contributed by atoms with Crippen LogP contribution in [0.1, 0.15) is 32.8 Å². The van der Waals surface area contributed by atoms with E-state index in [4.69, 9.17) is 4.99 Å². The number of likely N-dealkylation sites (tertiary alicyclic amines) is 1. The van der Waals surface area contributed by atoms with Gasteiger partial charge in [0.1, 0.15) is 0 Å². The van der Waals surface area contributed by atoms with Crippen LogP contribution in [-0.2, 0) is 11.2 Å². The van der Waals surface area contributed by atoms with Gasteiger partial charge in [-0.25, -0.2) is 4.68 Å². The predicted molar refractivity (Wildman–Crippen MR) is 116 cm³/mol. The number of nitrogens with one attached hydrogen (secondary N) is 2. The Morgan fingerprint density at radius 3 is 2.83 bits per heavy atom. The maximum Gasteiger partial charge on any atom is 0.225 e. The highest BCUT2D eigenvalue weighted by molar-refractivity contribution is 5.81. The molecule has 1 unspecified atom stereocenters. The van der Waals surface area contributed by atoms with Gasteiger partial charge < -0.3 is 15.5 Å². The summed E-state index contributed by atoms with van der Waals surface area (Å²) in [6.45, 7) is 9.00. The lowest BCUT2D eigenvalue weighted by molar-refractivity contribution is -0.133. The minimum atomic E-state index is 0.0486. The van der Waals surface area contributed by atoms with Crippen LogP contribution in [0.2, 0.25) is 0 Å². The molecule has 2 aromatic rings. The number of carbonyl (C=O) groups is 1. The quantitative estimate of drug-likeness (QED) is 0.556. The second kappa shape index (κ2) is 10.1. The fourth-order valence-corrected chi connectivity index (χ4v) is 3.46.